The second kappa shape index (κ2) is 10.3. The number of amides is 1. The molecule has 170 valence electrons. The van der Waals surface area contributed by atoms with Crippen LogP contribution in [0.3, 0.4) is 0 Å². The number of piperazine rings is 1. The Labute approximate surface area is 194 Å². The van der Waals surface area contributed by atoms with Crippen LogP contribution < -0.4 is 0 Å². The first-order valence-corrected chi connectivity index (χ1v) is 11.2. The normalized spacial score (nSPS) is 18.6. The lowest BCUT2D eigenvalue weighted by atomic mass is 10.1. The second-order valence-corrected chi connectivity index (χ2v) is 8.64. The zero-order chi connectivity index (χ0) is 23.2. The van der Waals surface area contributed by atoms with Crippen LogP contribution in [0.25, 0.3) is 0 Å². The van der Waals surface area contributed by atoms with Crippen molar-refractivity contribution >= 4 is 6.09 Å². The number of hydrogen-bond donors (Lipinski definition) is 0. The highest BCUT2D eigenvalue weighted by Gasteiger charge is 2.33. The molecule has 0 radical (unpaired) electrons. The van der Waals surface area contributed by atoms with E-state index in [0.717, 1.165) is 29.9 Å². The van der Waals surface area contributed by atoms with Crippen LogP contribution in [0.4, 0.5) is 4.79 Å². The molecule has 1 fully saturated rings. The highest BCUT2D eigenvalue weighted by Crippen LogP contribution is 2.20. The summed E-state index contributed by atoms with van der Waals surface area (Å²) in [6.07, 6.45) is 3.49. The standard InChI is InChI=1S/C26H29N5O2/c1-20-15-31(26(32)33-18-24-6-4-3-5-7-24)21(2)14-29(20)17-25-13-28-19-30(25)16-23-10-8-22(12-27)9-11-23/h3-11,13,19-21H,14-18H2,1-2H3. The van der Waals surface area contributed by atoms with Crippen molar-refractivity contribution in [1.29, 1.82) is 5.26 Å². The molecule has 7 nitrogen and oxygen atoms in total. The van der Waals surface area contributed by atoms with Crippen LogP contribution in [0.15, 0.2) is 67.1 Å². The van der Waals surface area contributed by atoms with Crippen LogP contribution in [0.5, 0.6) is 0 Å². The minimum atomic E-state index is -0.260. The van der Waals surface area contributed by atoms with E-state index in [1.54, 1.807) is 0 Å². The number of rotatable bonds is 6. The molecule has 2 unspecified atom stereocenters. The number of hydrogen-bond acceptors (Lipinski definition) is 5. The molecule has 0 aliphatic carbocycles. The lowest BCUT2D eigenvalue weighted by molar-refractivity contribution is 0.0215. The molecule has 2 atom stereocenters. The Morgan fingerprint density at radius 1 is 1.03 bits per heavy atom. The van der Waals surface area contributed by atoms with E-state index in [9.17, 15) is 4.79 Å². The number of nitriles is 1. The van der Waals surface area contributed by atoms with Gasteiger partial charge in [-0.25, -0.2) is 9.78 Å². The summed E-state index contributed by atoms with van der Waals surface area (Å²) in [6, 6.07) is 19.8. The SMILES string of the molecule is CC1CN(C(=O)OCc2ccccc2)C(C)CN1Cc1cncn1Cc1ccc(C#N)cc1. The minimum absolute atomic E-state index is 0.0550. The zero-order valence-electron chi connectivity index (χ0n) is 19.1. The Morgan fingerprint density at radius 3 is 2.52 bits per heavy atom. The van der Waals surface area contributed by atoms with Crippen molar-refractivity contribution in [2.45, 2.75) is 45.6 Å². The van der Waals surface area contributed by atoms with E-state index in [-0.39, 0.29) is 24.8 Å². The summed E-state index contributed by atoms with van der Waals surface area (Å²) >= 11 is 0. The average Bonchev–Trinajstić information content (AvgIpc) is 3.27. The number of aromatic nitrogens is 2. The molecule has 1 saturated heterocycles. The molecule has 1 aromatic heterocycles. The second-order valence-electron chi connectivity index (χ2n) is 8.64. The van der Waals surface area contributed by atoms with Gasteiger partial charge >= 0.3 is 6.09 Å². The van der Waals surface area contributed by atoms with Gasteiger partial charge in [0.05, 0.1) is 23.7 Å². The number of carbonyl (C=O) groups excluding carboxylic acids is 1. The van der Waals surface area contributed by atoms with Crippen LogP contribution in [0.2, 0.25) is 0 Å². The maximum Gasteiger partial charge on any atom is 0.410 e. The van der Waals surface area contributed by atoms with E-state index in [1.165, 1.54) is 0 Å². The largest absolute Gasteiger partial charge is 0.445 e. The van der Waals surface area contributed by atoms with Crippen LogP contribution in [-0.2, 0) is 24.4 Å². The molecule has 0 bridgehead atoms. The van der Waals surface area contributed by atoms with E-state index in [4.69, 9.17) is 10.00 Å². The quantitative estimate of drug-likeness (QED) is 0.575. The molecule has 4 rings (SSSR count). The van der Waals surface area contributed by atoms with E-state index in [2.05, 4.69) is 34.4 Å². The fraction of sp³-hybridized carbons (Fsp3) is 0.346. The maximum absolute atomic E-state index is 12.7. The third-order valence-corrected chi connectivity index (χ3v) is 6.15. The van der Waals surface area contributed by atoms with Gasteiger partial charge in [-0.15, -0.1) is 0 Å². The van der Waals surface area contributed by atoms with Crippen molar-refractivity contribution in [3.05, 3.63) is 89.5 Å². The first-order chi connectivity index (χ1) is 16.0. The van der Waals surface area contributed by atoms with Gasteiger partial charge in [0, 0.05) is 44.5 Å². The monoisotopic (exact) mass is 443 g/mol. The van der Waals surface area contributed by atoms with Gasteiger partial charge in [0.25, 0.3) is 0 Å². The zero-order valence-corrected chi connectivity index (χ0v) is 19.1. The fourth-order valence-corrected chi connectivity index (χ4v) is 4.19. The predicted octanol–water partition coefficient (Wildman–Crippen LogP) is 4.03. The molecule has 0 N–H and O–H groups in total. The Hall–Kier alpha value is -3.63. The van der Waals surface area contributed by atoms with Gasteiger partial charge in [0.15, 0.2) is 0 Å². The Balaban J connectivity index is 1.34. The molecule has 0 spiro atoms. The number of benzene rings is 2. The molecular formula is C26H29N5O2. The first kappa shape index (κ1) is 22.6. The first-order valence-electron chi connectivity index (χ1n) is 11.2. The smallest absolute Gasteiger partial charge is 0.410 e. The van der Waals surface area contributed by atoms with Crippen molar-refractivity contribution < 1.29 is 9.53 Å². The van der Waals surface area contributed by atoms with Gasteiger partial charge in [-0.1, -0.05) is 42.5 Å². The minimum Gasteiger partial charge on any atom is -0.445 e. The lowest BCUT2D eigenvalue weighted by Gasteiger charge is -2.43. The molecule has 1 amide bonds. The lowest BCUT2D eigenvalue weighted by Crippen LogP contribution is -2.57. The van der Waals surface area contributed by atoms with Gasteiger partial charge in [0.2, 0.25) is 0 Å². The third kappa shape index (κ3) is 5.60. The van der Waals surface area contributed by atoms with Crippen LogP contribution in [0.1, 0.15) is 36.2 Å². The number of carbonyl (C=O) groups is 1. The Bertz CT molecular complexity index is 1100. The number of imidazole rings is 1. The van der Waals surface area contributed by atoms with Gasteiger partial charge in [-0.3, -0.25) is 4.90 Å². The summed E-state index contributed by atoms with van der Waals surface area (Å²) in [5, 5.41) is 8.99. The number of ether oxygens (including phenoxy) is 1. The van der Waals surface area contributed by atoms with E-state index >= 15 is 0 Å². The maximum atomic E-state index is 12.7. The summed E-state index contributed by atoms with van der Waals surface area (Å²) < 4.78 is 7.70. The van der Waals surface area contributed by atoms with Gasteiger partial charge in [-0.2, -0.15) is 5.26 Å². The van der Waals surface area contributed by atoms with Crippen LogP contribution >= 0.6 is 0 Å². The third-order valence-electron chi connectivity index (χ3n) is 6.15. The Morgan fingerprint density at radius 2 is 1.79 bits per heavy atom. The van der Waals surface area contributed by atoms with Crippen molar-refractivity contribution in [2.24, 2.45) is 0 Å². The summed E-state index contributed by atoms with van der Waals surface area (Å²) in [4.78, 5) is 21.3. The molecule has 3 aromatic rings. The predicted molar refractivity (Wildman–Crippen MR) is 125 cm³/mol. The molecule has 0 saturated carbocycles. The Kier molecular flexibility index (Phi) is 7.06. The van der Waals surface area contributed by atoms with Crippen molar-refractivity contribution in [1.82, 2.24) is 19.4 Å². The van der Waals surface area contributed by atoms with Crippen LogP contribution in [-0.4, -0.2) is 50.6 Å². The van der Waals surface area contributed by atoms with Crippen LogP contribution in [0, 0.1) is 11.3 Å². The molecule has 2 heterocycles. The van der Waals surface area contributed by atoms with Crippen molar-refractivity contribution in [2.75, 3.05) is 13.1 Å². The summed E-state index contributed by atoms with van der Waals surface area (Å²) in [7, 11) is 0. The average molecular weight is 444 g/mol. The fourth-order valence-electron chi connectivity index (χ4n) is 4.19. The summed E-state index contributed by atoms with van der Waals surface area (Å²) in [5.74, 6) is 0. The van der Waals surface area contributed by atoms with Crippen molar-refractivity contribution in [3.63, 3.8) is 0 Å². The molecule has 1 aliphatic rings. The van der Waals surface area contributed by atoms with Gasteiger partial charge in [-0.05, 0) is 37.1 Å². The highest BCUT2D eigenvalue weighted by molar-refractivity contribution is 5.68. The number of nitrogens with zero attached hydrogens (tertiary/aromatic N) is 5. The van der Waals surface area contributed by atoms with Gasteiger partial charge < -0.3 is 14.2 Å². The molecule has 1 aliphatic heterocycles. The summed E-state index contributed by atoms with van der Waals surface area (Å²) in [5.41, 5.74) is 3.90. The van der Waals surface area contributed by atoms with E-state index < -0.39 is 0 Å². The van der Waals surface area contributed by atoms with Gasteiger partial charge in [0.1, 0.15) is 6.61 Å². The van der Waals surface area contributed by atoms with E-state index in [0.29, 0.717) is 18.7 Å². The molecule has 7 heteroatoms. The molecule has 2 aromatic carbocycles. The summed E-state index contributed by atoms with van der Waals surface area (Å²) in [6.45, 7) is 7.35. The van der Waals surface area contributed by atoms with Crippen molar-refractivity contribution in [3.8, 4) is 6.07 Å². The van der Waals surface area contributed by atoms with E-state index in [1.807, 2.05) is 72.0 Å². The molecule has 33 heavy (non-hydrogen) atoms. The topological polar surface area (TPSA) is 74.4 Å². The molecular weight excluding hydrogens is 414 g/mol. The highest BCUT2D eigenvalue weighted by atomic mass is 16.6.